The van der Waals surface area contributed by atoms with Crippen LogP contribution in [0, 0.1) is 6.92 Å². The lowest BCUT2D eigenvalue weighted by Gasteiger charge is -2.12. The van der Waals surface area contributed by atoms with E-state index in [2.05, 4.69) is 55.9 Å². The smallest absolute Gasteiger partial charge is 0.178 e. The molecule has 1 aliphatic heterocycles. The lowest BCUT2D eigenvalue weighted by Crippen LogP contribution is -2.26. The van der Waals surface area contributed by atoms with Crippen molar-refractivity contribution in [1.29, 1.82) is 0 Å². The van der Waals surface area contributed by atoms with Crippen molar-refractivity contribution in [2.45, 2.75) is 32.4 Å². The van der Waals surface area contributed by atoms with Crippen LogP contribution in [-0.2, 0) is 6.54 Å². The molecule has 3 nitrogen and oxygen atoms in total. The van der Waals surface area contributed by atoms with Gasteiger partial charge in [0.15, 0.2) is 4.73 Å². The second-order valence-electron chi connectivity index (χ2n) is 4.73. The molecule has 4 heteroatoms. The van der Waals surface area contributed by atoms with Crippen LogP contribution in [0.15, 0.2) is 22.9 Å². The summed E-state index contributed by atoms with van der Waals surface area (Å²) < 4.78 is 3.21. The van der Waals surface area contributed by atoms with Gasteiger partial charge in [0.05, 0.1) is 11.0 Å². The van der Waals surface area contributed by atoms with Gasteiger partial charge in [-0.05, 0) is 53.9 Å². The zero-order chi connectivity index (χ0) is 11.8. The predicted molar refractivity (Wildman–Crippen MR) is 73.2 cm³/mol. The minimum absolute atomic E-state index is 0.587. The Bertz CT molecular complexity index is 541. The first kappa shape index (κ1) is 11.2. The standard InChI is InChI=1S/C13H16BrN3/c1-9-4-2-6-11-12(9)16-13(14)17(11)8-10-5-3-7-15-10/h2,4,6,10,15H,3,5,7-8H2,1H3. The Morgan fingerprint density at radius 2 is 2.41 bits per heavy atom. The fourth-order valence-corrected chi connectivity index (χ4v) is 3.08. The van der Waals surface area contributed by atoms with Crippen LogP contribution in [-0.4, -0.2) is 22.1 Å². The highest BCUT2D eigenvalue weighted by Crippen LogP contribution is 2.24. The third-order valence-corrected chi connectivity index (χ3v) is 4.10. The van der Waals surface area contributed by atoms with Crippen molar-refractivity contribution in [2.24, 2.45) is 0 Å². The number of para-hydroxylation sites is 1. The quantitative estimate of drug-likeness (QED) is 0.923. The number of aryl methyl sites for hydroxylation is 1. The Morgan fingerprint density at radius 3 is 3.18 bits per heavy atom. The van der Waals surface area contributed by atoms with Crippen LogP contribution in [0.2, 0.25) is 0 Å². The van der Waals surface area contributed by atoms with Crippen LogP contribution in [0.5, 0.6) is 0 Å². The highest BCUT2D eigenvalue weighted by Gasteiger charge is 2.18. The molecule has 1 aromatic carbocycles. The van der Waals surface area contributed by atoms with Gasteiger partial charge in [-0.15, -0.1) is 0 Å². The summed E-state index contributed by atoms with van der Waals surface area (Å²) in [6.07, 6.45) is 2.55. The number of fused-ring (bicyclic) bond motifs is 1. The lowest BCUT2D eigenvalue weighted by molar-refractivity contribution is 0.511. The molecule has 1 fully saturated rings. The number of rotatable bonds is 2. The van der Waals surface area contributed by atoms with Crippen LogP contribution in [0.4, 0.5) is 0 Å². The number of hydrogen-bond donors (Lipinski definition) is 1. The number of aromatic nitrogens is 2. The normalized spacial score (nSPS) is 20.2. The number of nitrogens with one attached hydrogen (secondary N) is 1. The van der Waals surface area contributed by atoms with Gasteiger partial charge in [-0.2, -0.15) is 0 Å². The molecular formula is C13H16BrN3. The van der Waals surface area contributed by atoms with E-state index in [1.807, 2.05) is 0 Å². The highest BCUT2D eigenvalue weighted by atomic mass is 79.9. The fraction of sp³-hybridized carbons (Fsp3) is 0.462. The summed E-state index contributed by atoms with van der Waals surface area (Å²) in [6.45, 7) is 4.26. The average molecular weight is 294 g/mol. The maximum atomic E-state index is 4.61. The van der Waals surface area contributed by atoms with Gasteiger partial charge in [0, 0.05) is 12.6 Å². The molecule has 1 aliphatic rings. The molecule has 2 heterocycles. The molecule has 0 saturated carbocycles. The molecule has 1 atom stereocenters. The maximum Gasteiger partial charge on any atom is 0.178 e. The molecule has 0 bridgehead atoms. The van der Waals surface area contributed by atoms with Crippen molar-refractivity contribution in [3.63, 3.8) is 0 Å². The molecule has 0 amide bonds. The Balaban J connectivity index is 2.02. The Hall–Kier alpha value is -0.870. The van der Waals surface area contributed by atoms with E-state index in [4.69, 9.17) is 0 Å². The van der Waals surface area contributed by atoms with E-state index >= 15 is 0 Å². The molecule has 1 saturated heterocycles. The van der Waals surface area contributed by atoms with Crippen LogP contribution in [0.25, 0.3) is 11.0 Å². The number of benzene rings is 1. The molecule has 1 N–H and O–H groups in total. The van der Waals surface area contributed by atoms with Gasteiger partial charge >= 0.3 is 0 Å². The van der Waals surface area contributed by atoms with Crippen LogP contribution in [0.1, 0.15) is 18.4 Å². The fourth-order valence-electron chi connectivity index (χ4n) is 2.57. The van der Waals surface area contributed by atoms with Gasteiger partial charge in [-0.1, -0.05) is 12.1 Å². The largest absolute Gasteiger partial charge is 0.317 e. The van der Waals surface area contributed by atoms with Crippen LogP contribution in [0.3, 0.4) is 0 Å². The average Bonchev–Trinajstić information content (AvgIpc) is 2.91. The van der Waals surface area contributed by atoms with Crippen molar-refractivity contribution in [3.8, 4) is 0 Å². The summed E-state index contributed by atoms with van der Waals surface area (Å²) in [7, 11) is 0. The third-order valence-electron chi connectivity index (χ3n) is 3.50. The number of halogens is 1. The maximum absolute atomic E-state index is 4.61. The van der Waals surface area contributed by atoms with Crippen molar-refractivity contribution in [2.75, 3.05) is 6.54 Å². The highest BCUT2D eigenvalue weighted by molar-refractivity contribution is 9.10. The van der Waals surface area contributed by atoms with Gasteiger partial charge < -0.3 is 9.88 Å². The van der Waals surface area contributed by atoms with E-state index in [0.29, 0.717) is 6.04 Å². The summed E-state index contributed by atoms with van der Waals surface area (Å²) in [6, 6.07) is 6.95. The molecule has 0 spiro atoms. The molecule has 3 rings (SSSR count). The van der Waals surface area contributed by atoms with Crippen molar-refractivity contribution in [3.05, 3.63) is 28.5 Å². The Kier molecular flexibility index (Phi) is 2.92. The molecule has 1 aromatic heterocycles. The summed E-state index contributed by atoms with van der Waals surface area (Å²) in [4.78, 5) is 4.61. The molecular weight excluding hydrogens is 278 g/mol. The summed E-state index contributed by atoms with van der Waals surface area (Å²) >= 11 is 3.58. The van der Waals surface area contributed by atoms with Crippen molar-refractivity contribution in [1.82, 2.24) is 14.9 Å². The molecule has 90 valence electrons. The molecule has 1 unspecified atom stereocenters. The summed E-state index contributed by atoms with van der Waals surface area (Å²) in [5.41, 5.74) is 3.57. The lowest BCUT2D eigenvalue weighted by atomic mass is 10.2. The predicted octanol–water partition coefficient (Wildman–Crippen LogP) is 2.86. The van der Waals surface area contributed by atoms with E-state index in [1.165, 1.54) is 23.9 Å². The first-order valence-corrected chi connectivity index (χ1v) is 6.90. The van der Waals surface area contributed by atoms with Crippen LogP contribution < -0.4 is 5.32 Å². The van der Waals surface area contributed by atoms with E-state index < -0.39 is 0 Å². The number of nitrogens with zero attached hydrogens (tertiary/aromatic N) is 2. The van der Waals surface area contributed by atoms with Gasteiger partial charge in [0.2, 0.25) is 0 Å². The van der Waals surface area contributed by atoms with Crippen molar-refractivity contribution < 1.29 is 0 Å². The topological polar surface area (TPSA) is 29.9 Å². The molecule has 0 aliphatic carbocycles. The number of hydrogen-bond acceptors (Lipinski definition) is 2. The minimum atomic E-state index is 0.587. The minimum Gasteiger partial charge on any atom is -0.317 e. The number of imidazole rings is 1. The first-order valence-electron chi connectivity index (χ1n) is 6.10. The molecule has 2 aromatic rings. The zero-order valence-corrected chi connectivity index (χ0v) is 11.5. The Labute approximate surface area is 109 Å². The summed E-state index contributed by atoms with van der Waals surface area (Å²) in [5, 5.41) is 3.53. The zero-order valence-electron chi connectivity index (χ0n) is 9.91. The van der Waals surface area contributed by atoms with E-state index in [9.17, 15) is 0 Å². The monoisotopic (exact) mass is 293 g/mol. The van der Waals surface area contributed by atoms with E-state index in [0.717, 1.165) is 23.3 Å². The van der Waals surface area contributed by atoms with E-state index in [1.54, 1.807) is 0 Å². The van der Waals surface area contributed by atoms with Crippen molar-refractivity contribution >= 4 is 27.0 Å². The van der Waals surface area contributed by atoms with E-state index in [-0.39, 0.29) is 0 Å². The van der Waals surface area contributed by atoms with Crippen LogP contribution >= 0.6 is 15.9 Å². The SMILES string of the molecule is Cc1cccc2c1nc(Br)n2CC1CCCN1. The molecule has 17 heavy (non-hydrogen) atoms. The van der Waals surface area contributed by atoms with Gasteiger partial charge in [0.25, 0.3) is 0 Å². The second kappa shape index (κ2) is 4.42. The van der Waals surface area contributed by atoms with Gasteiger partial charge in [-0.3, -0.25) is 0 Å². The third kappa shape index (κ3) is 2.00. The first-order chi connectivity index (χ1) is 8.25. The summed E-state index contributed by atoms with van der Waals surface area (Å²) in [5.74, 6) is 0. The van der Waals surface area contributed by atoms with Gasteiger partial charge in [0.1, 0.15) is 0 Å². The second-order valence-corrected chi connectivity index (χ2v) is 5.44. The van der Waals surface area contributed by atoms with Gasteiger partial charge in [-0.25, -0.2) is 4.98 Å². The Morgan fingerprint density at radius 1 is 1.53 bits per heavy atom. The molecule has 0 radical (unpaired) electrons.